The van der Waals surface area contributed by atoms with E-state index >= 15 is 0 Å². The van der Waals surface area contributed by atoms with Crippen LogP contribution in [0.1, 0.15) is 11.6 Å². The third-order valence-corrected chi connectivity index (χ3v) is 2.93. The molecule has 2 rings (SSSR count). The summed E-state index contributed by atoms with van der Waals surface area (Å²) in [7, 11) is 0. The zero-order chi connectivity index (χ0) is 13.3. The van der Waals surface area contributed by atoms with Crippen molar-refractivity contribution in [3.63, 3.8) is 0 Å². The topological polar surface area (TPSA) is 30.7 Å². The first kappa shape index (κ1) is 13.4. The molecule has 0 aliphatic rings. The van der Waals surface area contributed by atoms with E-state index in [1.165, 1.54) is 12.1 Å². The minimum Gasteiger partial charge on any atom is -0.207 e. The molecular weight excluding hydrogens is 334 g/mol. The summed E-state index contributed by atoms with van der Waals surface area (Å²) in [5.74, 6) is -1.05. The maximum absolute atomic E-state index is 12.8. The van der Waals surface area contributed by atoms with Crippen molar-refractivity contribution in [2.24, 2.45) is 0 Å². The highest BCUT2D eigenvalue weighted by molar-refractivity contribution is 9.08. The molecular formula is C10H6BrClF3N3. The van der Waals surface area contributed by atoms with Crippen LogP contribution in [-0.2, 0) is 11.5 Å². The predicted molar refractivity (Wildman–Crippen MR) is 64.0 cm³/mol. The van der Waals surface area contributed by atoms with Crippen LogP contribution in [0.25, 0.3) is 5.69 Å². The average Bonchev–Trinajstić information content (AvgIpc) is 2.73. The highest BCUT2D eigenvalue weighted by Crippen LogP contribution is 2.31. The largest absolute Gasteiger partial charge is 0.451 e. The van der Waals surface area contributed by atoms with Gasteiger partial charge < -0.3 is 0 Å². The lowest BCUT2D eigenvalue weighted by Gasteiger charge is -2.09. The van der Waals surface area contributed by atoms with E-state index in [2.05, 4.69) is 26.0 Å². The maximum Gasteiger partial charge on any atom is 0.451 e. The second kappa shape index (κ2) is 4.89. The SMILES string of the molecule is FC(F)(F)c1nc(CBr)nn1-c1ccccc1Cl. The van der Waals surface area contributed by atoms with Crippen molar-refractivity contribution in [3.8, 4) is 5.69 Å². The summed E-state index contributed by atoms with van der Waals surface area (Å²) in [5.41, 5.74) is 0.145. The molecule has 0 aliphatic carbocycles. The van der Waals surface area contributed by atoms with Crippen LogP contribution in [0, 0.1) is 0 Å². The van der Waals surface area contributed by atoms with Crippen LogP contribution in [0.5, 0.6) is 0 Å². The first-order chi connectivity index (χ1) is 8.43. The Morgan fingerprint density at radius 1 is 1.28 bits per heavy atom. The van der Waals surface area contributed by atoms with Crippen molar-refractivity contribution in [1.82, 2.24) is 14.8 Å². The lowest BCUT2D eigenvalue weighted by atomic mass is 10.3. The Morgan fingerprint density at radius 3 is 2.50 bits per heavy atom. The maximum atomic E-state index is 12.8. The monoisotopic (exact) mass is 339 g/mol. The molecule has 0 radical (unpaired) electrons. The number of hydrogen-bond acceptors (Lipinski definition) is 2. The molecule has 0 aliphatic heterocycles. The number of nitrogens with zero attached hydrogens (tertiary/aromatic N) is 3. The number of hydrogen-bond donors (Lipinski definition) is 0. The lowest BCUT2D eigenvalue weighted by molar-refractivity contribution is -0.146. The van der Waals surface area contributed by atoms with E-state index in [0.29, 0.717) is 4.68 Å². The van der Waals surface area contributed by atoms with E-state index < -0.39 is 12.0 Å². The van der Waals surface area contributed by atoms with Gasteiger partial charge in [-0.15, -0.1) is 5.10 Å². The molecule has 0 bridgehead atoms. The molecule has 1 aromatic carbocycles. The van der Waals surface area contributed by atoms with Gasteiger partial charge in [-0.2, -0.15) is 13.2 Å². The van der Waals surface area contributed by atoms with Gasteiger partial charge in [0.2, 0.25) is 5.82 Å². The fourth-order valence-electron chi connectivity index (χ4n) is 1.39. The molecule has 18 heavy (non-hydrogen) atoms. The summed E-state index contributed by atoms with van der Waals surface area (Å²) < 4.78 is 39.2. The fraction of sp³-hybridized carbons (Fsp3) is 0.200. The Hall–Kier alpha value is -1.08. The Kier molecular flexibility index (Phi) is 3.63. The molecule has 1 heterocycles. The van der Waals surface area contributed by atoms with Crippen molar-refractivity contribution in [1.29, 1.82) is 0 Å². The van der Waals surface area contributed by atoms with Gasteiger partial charge in [-0.05, 0) is 12.1 Å². The summed E-state index contributed by atoms with van der Waals surface area (Å²) in [4.78, 5) is 3.44. The Bertz CT molecular complexity index is 568. The molecule has 0 spiro atoms. The highest BCUT2D eigenvalue weighted by atomic mass is 79.9. The third-order valence-electron chi connectivity index (χ3n) is 2.10. The second-order valence-corrected chi connectivity index (χ2v) is 4.31. The Labute approximate surface area is 114 Å². The van der Waals surface area contributed by atoms with Gasteiger partial charge in [-0.25, -0.2) is 9.67 Å². The molecule has 0 fully saturated rings. The Balaban J connectivity index is 2.64. The van der Waals surface area contributed by atoms with Crippen molar-refractivity contribution in [3.05, 3.63) is 40.9 Å². The van der Waals surface area contributed by atoms with Crippen LogP contribution in [0.15, 0.2) is 24.3 Å². The zero-order valence-corrected chi connectivity index (χ0v) is 11.1. The third kappa shape index (κ3) is 2.51. The lowest BCUT2D eigenvalue weighted by Crippen LogP contribution is -2.14. The van der Waals surface area contributed by atoms with Gasteiger partial charge in [0.05, 0.1) is 16.0 Å². The standard InChI is InChI=1S/C10H6BrClF3N3/c11-5-8-16-9(10(13,14)15)18(17-8)7-4-2-1-3-6(7)12/h1-4H,5H2. The van der Waals surface area contributed by atoms with Crippen molar-refractivity contribution in [2.45, 2.75) is 11.5 Å². The number of benzene rings is 1. The van der Waals surface area contributed by atoms with Gasteiger partial charge >= 0.3 is 6.18 Å². The molecule has 1 aromatic heterocycles. The van der Waals surface area contributed by atoms with Crippen LogP contribution in [0.2, 0.25) is 5.02 Å². The van der Waals surface area contributed by atoms with Crippen molar-refractivity contribution >= 4 is 27.5 Å². The van der Waals surface area contributed by atoms with Crippen molar-refractivity contribution in [2.75, 3.05) is 0 Å². The first-order valence-corrected chi connectivity index (χ1v) is 6.27. The molecule has 0 saturated heterocycles. The van der Waals surface area contributed by atoms with E-state index in [1.807, 2.05) is 0 Å². The molecule has 0 atom stereocenters. The van der Waals surface area contributed by atoms with E-state index in [9.17, 15) is 13.2 Å². The molecule has 0 N–H and O–H groups in total. The second-order valence-electron chi connectivity index (χ2n) is 3.35. The molecule has 3 nitrogen and oxygen atoms in total. The normalized spacial score (nSPS) is 11.8. The summed E-state index contributed by atoms with van der Waals surface area (Å²) in [5, 5.41) is 4.09. The van der Waals surface area contributed by atoms with E-state index in [-0.39, 0.29) is 21.9 Å². The van der Waals surface area contributed by atoms with Crippen molar-refractivity contribution < 1.29 is 13.2 Å². The van der Waals surface area contributed by atoms with Gasteiger partial charge in [0.15, 0.2) is 5.82 Å². The minimum absolute atomic E-state index is 0.0437. The smallest absolute Gasteiger partial charge is 0.207 e. The molecule has 0 amide bonds. The molecule has 8 heteroatoms. The van der Waals surface area contributed by atoms with E-state index in [1.54, 1.807) is 12.1 Å². The fourth-order valence-corrected chi connectivity index (χ4v) is 1.84. The zero-order valence-electron chi connectivity index (χ0n) is 8.75. The summed E-state index contributed by atoms with van der Waals surface area (Å²) in [6, 6.07) is 6.15. The molecule has 96 valence electrons. The van der Waals surface area contributed by atoms with E-state index in [4.69, 9.17) is 11.6 Å². The van der Waals surface area contributed by atoms with Crippen LogP contribution in [-0.4, -0.2) is 14.8 Å². The van der Waals surface area contributed by atoms with Gasteiger partial charge in [0, 0.05) is 0 Å². The summed E-state index contributed by atoms with van der Waals surface area (Å²) in [6.07, 6.45) is -4.59. The molecule has 2 aromatic rings. The number of aromatic nitrogens is 3. The average molecular weight is 341 g/mol. The number of para-hydroxylation sites is 1. The van der Waals surface area contributed by atoms with Gasteiger partial charge in [-0.3, -0.25) is 0 Å². The summed E-state index contributed by atoms with van der Waals surface area (Å²) in [6.45, 7) is 0. The number of rotatable bonds is 2. The van der Waals surface area contributed by atoms with Gasteiger partial charge in [0.1, 0.15) is 0 Å². The predicted octanol–water partition coefficient (Wildman–Crippen LogP) is 3.83. The minimum atomic E-state index is -4.59. The summed E-state index contributed by atoms with van der Waals surface area (Å²) >= 11 is 8.89. The molecule has 0 saturated carbocycles. The quantitative estimate of drug-likeness (QED) is 0.778. The van der Waals surface area contributed by atoms with Gasteiger partial charge in [0.25, 0.3) is 0 Å². The van der Waals surface area contributed by atoms with Crippen LogP contribution in [0.4, 0.5) is 13.2 Å². The van der Waals surface area contributed by atoms with Crippen LogP contribution >= 0.6 is 27.5 Å². The van der Waals surface area contributed by atoms with E-state index in [0.717, 1.165) is 0 Å². The Morgan fingerprint density at radius 2 is 1.94 bits per heavy atom. The molecule has 0 unspecified atom stereocenters. The number of alkyl halides is 4. The van der Waals surface area contributed by atoms with Crippen LogP contribution < -0.4 is 0 Å². The highest BCUT2D eigenvalue weighted by Gasteiger charge is 2.38. The van der Waals surface area contributed by atoms with Gasteiger partial charge in [-0.1, -0.05) is 39.7 Å². The number of halogens is 5. The van der Waals surface area contributed by atoms with Crippen LogP contribution in [0.3, 0.4) is 0 Å². The first-order valence-electron chi connectivity index (χ1n) is 4.77.